The first-order valence-electron chi connectivity index (χ1n) is 9.61. The molecule has 1 aliphatic rings. The van der Waals surface area contributed by atoms with Crippen LogP contribution in [0.15, 0.2) is 28.8 Å². The van der Waals surface area contributed by atoms with Gasteiger partial charge in [-0.05, 0) is 43.9 Å². The van der Waals surface area contributed by atoms with Crippen molar-refractivity contribution in [2.45, 2.75) is 46.1 Å². The zero-order valence-corrected chi connectivity index (χ0v) is 16.4. The van der Waals surface area contributed by atoms with Crippen molar-refractivity contribution in [1.29, 1.82) is 0 Å². The number of rotatable bonds is 6. The normalized spacial score (nSPS) is 19.5. The van der Waals surface area contributed by atoms with Gasteiger partial charge >= 0.3 is 11.7 Å². The van der Waals surface area contributed by atoms with E-state index in [1.54, 1.807) is 6.92 Å². The number of furan rings is 1. The van der Waals surface area contributed by atoms with Gasteiger partial charge < -0.3 is 14.1 Å². The summed E-state index contributed by atoms with van der Waals surface area (Å²) < 4.78 is 11.0. The Labute approximate surface area is 163 Å². The number of aromatic nitrogens is 1. The molecular formula is C20H25N3O5. The van der Waals surface area contributed by atoms with Crippen molar-refractivity contribution in [1.82, 2.24) is 4.98 Å². The number of nitrogens with zero attached hydrogens (tertiary/aromatic N) is 3. The van der Waals surface area contributed by atoms with Crippen LogP contribution in [0.25, 0.3) is 0 Å². The summed E-state index contributed by atoms with van der Waals surface area (Å²) in [6.07, 6.45) is 3.86. The minimum atomic E-state index is -0.717. The van der Waals surface area contributed by atoms with Gasteiger partial charge in [0.1, 0.15) is 17.1 Å². The number of aryl methyl sites for hydroxylation is 1. The molecule has 0 radical (unpaired) electrons. The van der Waals surface area contributed by atoms with Gasteiger partial charge in [0.25, 0.3) is 0 Å². The first-order valence-corrected chi connectivity index (χ1v) is 9.61. The number of carbonyl (C=O) groups is 1. The molecule has 1 aliphatic heterocycles. The van der Waals surface area contributed by atoms with E-state index in [-0.39, 0.29) is 29.7 Å². The van der Waals surface area contributed by atoms with Crippen LogP contribution < -0.4 is 4.90 Å². The van der Waals surface area contributed by atoms with Crippen LogP contribution in [0.3, 0.4) is 0 Å². The number of carbonyl (C=O) groups excluding carboxylic acids is 1. The van der Waals surface area contributed by atoms with Gasteiger partial charge in [-0.2, -0.15) is 0 Å². The minimum Gasteiger partial charge on any atom is -0.464 e. The molecular weight excluding hydrogens is 362 g/mol. The van der Waals surface area contributed by atoms with Gasteiger partial charge in [-0.1, -0.05) is 13.8 Å². The van der Waals surface area contributed by atoms with Gasteiger partial charge in [-0.3, -0.25) is 10.1 Å². The molecule has 0 saturated carbocycles. The maximum atomic E-state index is 12.3. The van der Waals surface area contributed by atoms with E-state index in [1.807, 2.05) is 24.0 Å². The summed E-state index contributed by atoms with van der Waals surface area (Å²) in [7, 11) is 0. The highest BCUT2D eigenvalue weighted by molar-refractivity contribution is 5.96. The van der Waals surface area contributed by atoms with Crippen molar-refractivity contribution in [3.63, 3.8) is 0 Å². The lowest BCUT2D eigenvalue weighted by molar-refractivity contribution is -0.384. The summed E-state index contributed by atoms with van der Waals surface area (Å²) in [6.45, 7) is 6.57. The molecule has 8 heteroatoms. The predicted molar refractivity (Wildman–Crippen MR) is 103 cm³/mol. The van der Waals surface area contributed by atoms with E-state index in [0.29, 0.717) is 12.5 Å². The Bertz CT molecular complexity index is 863. The fourth-order valence-electron chi connectivity index (χ4n) is 3.64. The smallest absolute Gasteiger partial charge is 0.345 e. The topological polar surface area (TPSA) is 98.7 Å². The highest BCUT2D eigenvalue weighted by atomic mass is 16.6. The predicted octanol–water partition coefficient (Wildman–Crippen LogP) is 4.30. The molecule has 3 heterocycles. The zero-order valence-electron chi connectivity index (χ0n) is 16.4. The molecule has 150 valence electrons. The molecule has 28 heavy (non-hydrogen) atoms. The zero-order chi connectivity index (χ0) is 20.3. The molecule has 2 aromatic heterocycles. The van der Waals surface area contributed by atoms with Crippen LogP contribution in [-0.4, -0.2) is 29.0 Å². The molecule has 0 amide bonds. The molecule has 0 spiro atoms. The van der Waals surface area contributed by atoms with Gasteiger partial charge in [0.15, 0.2) is 0 Å². The van der Waals surface area contributed by atoms with Crippen molar-refractivity contribution >= 4 is 17.5 Å². The highest BCUT2D eigenvalue weighted by Gasteiger charge is 2.37. The van der Waals surface area contributed by atoms with Crippen molar-refractivity contribution in [2.75, 3.05) is 18.1 Å². The van der Waals surface area contributed by atoms with Crippen LogP contribution in [0.2, 0.25) is 0 Å². The second kappa shape index (κ2) is 8.41. The van der Waals surface area contributed by atoms with E-state index in [9.17, 15) is 14.9 Å². The quantitative estimate of drug-likeness (QED) is 0.414. The third-order valence-electron chi connectivity index (χ3n) is 5.08. The number of hydrogen-bond donors (Lipinski definition) is 0. The second-order valence-electron chi connectivity index (χ2n) is 7.00. The number of esters is 1. The number of ether oxygens (including phenoxy) is 1. The summed E-state index contributed by atoms with van der Waals surface area (Å²) in [5, 5.41) is 11.9. The molecule has 0 aliphatic carbocycles. The summed E-state index contributed by atoms with van der Waals surface area (Å²) in [5.74, 6) is 1.55. The molecule has 0 unspecified atom stereocenters. The summed E-state index contributed by atoms with van der Waals surface area (Å²) in [5.41, 5.74) is -0.398. The Morgan fingerprint density at radius 1 is 1.39 bits per heavy atom. The van der Waals surface area contributed by atoms with E-state index < -0.39 is 10.9 Å². The van der Waals surface area contributed by atoms with Crippen LogP contribution in [0.4, 0.5) is 11.5 Å². The number of piperidine rings is 1. The Kier molecular flexibility index (Phi) is 5.96. The summed E-state index contributed by atoms with van der Waals surface area (Å²) in [6, 6.07) is 5.02. The average molecular weight is 387 g/mol. The van der Waals surface area contributed by atoms with E-state index in [0.717, 1.165) is 30.8 Å². The average Bonchev–Trinajstić information content (AvgIpc) is 3.16. The lowest BCUT2D eigenvalue weighted by atomic mass is 9.91. The fraction of sp³-hybridized carbons (Fsp3) is 0.500. The SMILES string of the molecule is CCOC(=O)c1ccnc(N2CC[C@@H](C)C[C@@H]2c2ccc(CC)o2)c1[N+](=O)[O-]. The molecule has 1 saturated heterocycles. The van der Waals surface area contributed by atoms with E-state index in [1.165, 1.54) is 12.3 Å². The monoisotopic (exact) mass is 387 g/mol. The number of anilines is 1. The van der Waals surface area contributed by atoms with Gasteiger partial charge in [-0.15, -0.1) is 0 Å². The van der Waals surface area contributed by atoms with Crippen molar-refractivity contribution in [3.05, 3.63) is 51.6 Å². The lowest BCUT2D eigenvalue weighted by Gasteiger charge is -2.38. The van der Waals surface area contributed by atoms with Crippen molar-refractivity contribution in [2.24, 2.45) is 5.92 Å². The first kappa shape index (κ1) is 19.9. The molecule has 2 aromatic rings. The first-order chi connectivity index (χ1) is 13.5. The standard InChI is InChI=1S/C20H25N3O5/c1-4-14-6-7-17(28-14)16-12-13(3)9-11-22(16)19-18(23(25)26)15(8-10-21-19)20(24)27-5-2/h6-8,10,13,16H,4-5,9,11-12H2,1-3H3/t13-,16-/m1/s1. The maximum absolute atomic E-state index is 12.3. The van der Waals surface area contributed by atoms with Crippen LogP contribution >= 0.6 is 0 Å². The van der Waals surface area contributed by atoms with Crippen LogP contribution in [0, 0.1) is 16.0 Å². The van der Waals surface area contributed by atoms with Gasteiger partial charge in [0.2, 0.25) is 5.82 Å². The van der Waals surface area contributed by atoms with Crippen LogP contribution in [-0.2, 0) is 11.2 Å². The molecule has 0 bridgehead atoms. The lowest BCUT2D eigenvalue weighted by Crippen LogP contribution is -2.37. The molecule has 0 aromatic carbocycles. The number of nitro groups is 1. The Balaban J connectivity index is 2.07. The van der Waals surface area contributed by atoms with Gasteiger partial charge in [0.05, 0.1) is 17.6 Å². The number of hydrogen-bond acceptors (Lipinski definition) is 7. The largest absolute Gasteiger partial charge is 0.464 e. The van der Waals surface area contributed by atoms with Gasteiger partial charge in [-0.25, -0.2) is 9.78 Å². The summed E-state index contributed by atoms with van der Waals surface area (Å²) >= 11 is 0. The Morgan fingerprint density at radius 3 is 2.82 bits per heavy atom. The van der Waals surface area contributed by atoms with Gasteiger partial charge in [0, 0.05) is 19.2 Å². The molecule has 3 rings (SSSR count). The second-order valence-corrected chi connectivity index (χ2v) is 7.00. The Morgan fingerprint density at radius 2 is 2.18 bits per heavy atom. The summed E-state index contributed by atoms with van der Waals surface area (Å²) in [4.78, 5) is 29.7. The third kappa shape index (κ3) is 3.85. The maximum Gasteiger partial charge on any atom is 0.345 e. The van der Waals surface area contributed by atoms with Crippen molar-refractivity contribution in [3.8, 4) is 0 Å². The van der Waals surface area contributed by atoms with E-state index >= 15 is 0 Å². The van der Waals surface area contributed by atoms with Crippen LogP contribution in [0.1, 0.15) is 61.5 Å². The van der Waals surface area contributed by atoms with Crippen molar-refractivity contribution < 1.29 is 18.9 Å². The molecule has 2 atom stereocenters. The molecule has 0 N–H and O–H groups in total. The Hall–Kier alpha value is -2.90. The van der Waals surface area contributed by atoms with E-state index in [4.69, 9.17) is 9.15 Å². The number of pyridine rings is 1. The van der Waals surface area contributed by atoms with Crippen LogP contribution in [0.5, 0.6) is 0 Å². The fourth-order valence-corrected chi connectivity index (χ4v) is 3.64. The minimum absolute atomic E-state index is 0.0806. The van der Waals surface area contributed by atoms with E-state index in [2.05, 4.69) is 11.9 Å². The molecule has 8 nitrogen and oxygen atoms in total. The highest BCUT2D eigenvalue weighted by Crippen LogP contribution is 2.41. The third-order valence-corrected chi connectivity index (χ3v) is 5.08. The molecule has 1 fully saturated rings.